The summed E-state index contributed by atoms with van der Waals surface area (Å²) < 4.78 is 11.3. The third kappa shape index (κ3) is 3.69. The Balaban J connectivity index is 1.63. The van der Waals surface area contributed by atoms with E-state index < -0.39 is 6.17 Å². The summed E-state index contributed by atoms with van der Waals surface area (Å²) in [5, 5.41) is 17.6. The third-order valence-corrected chi connectivity index (χ3v) is 6.65. The van der Waals surface area contributed by atoms with Crippen LogP contribution in [0.1, 0.15) is 46.4 Å². The molecule has 1 aromatic carbocycles. The minimum Gasteiger partial charge on any atom is -0.504 e. The first-order chi connectivity index (χ1) is 14.4. The lowest BCUT2D eigenvalue weighted by atomic mass is 10.0. The van der Waals surface area contributed by atoms with E-state index in [0.717, 1.165) is 19.9 Å². The topological polar surface area (TPSA) is 100 Å². The van der Waals surface area contributed by atoms with Crippen LogP contribution in [0.25, 0.3) is 0 Å². The molecule has 2 aliphatic rings. The van der Waals surface area contributed by atoms with Gasteiger partial charge >= 0.3 is 6.09 Å². The molecule has 3 heterocycles. The van der Waals surface area contributed by atoms with E-state index in [2.05, 4.69) is 26.6 Å². The highest BCUT2D eigenvalue weighted by atomic mass is 79.9. The van der Waals surface area contributed by atoms with Gasteiger partial charge in [-0.05, 0) is 38.0 Å². The Morgan fingerprint density at radius 1 is 1.33 bits per heavy atom. The first kappa shape index (κ1) is 20.8. The van der Waals surface area contributed by atoms with Crippen molar-refractivity contribution >= 4 is 44.3 Å². The maximum absolute atomic E-state index is 13.0. The van der Waals surface area contributed by atoms with E-state index in [1.165, 1.54) is 11.3 Å². The number of nitrogens with zero attached hydrogens (tertiary/aromatic N) is 1. The van der Waals surface area contributed by atoms with E-state index in [-0.39, 0.29) is 17.7 Å². The van der Waals surface area contributed by atoms with Gasteiger partial charge < -0.3 is 30.1 Å². The number of anilines is 1. The Morgan fingerprint density at radius 3 is 2.87 bits per heavy atom. The van der Waals surface area contributed by atoms with Crippen molar-refractivity contribution in [3.05, 3.63) is 38.2 Å². The van der Waals surface area contributed by atoms with Gasteiger partial charge in [0.1, 0.15) is 11.2 Å². The molecule has 1 unspecified atom stereocenters. The lowest BCUT2D eigenvalue weighted by Crippen LogP contribution is -2.39. The lowest BCUT2D eigenvalue weighted by molar-refractivity contribution is 0.0933. The first-order valence-corrected chi connectivity index (χ1v) is 11.3. The van der Waals surface area contributed by atoms with Gasteiger partial charge in [-0.15, -0.1) is 11.3 Å². The standard InChI is InChI=1S/C20H22BrN3O5S/c1-3-28-13-8-10(21)7-12(16(13)25)17-22-18(26)15-11-5-6-24(20(27)29-4-2)9-14(11)30-19(15)23-17/h7-8,17,23,25H,3-6,9H2,1-2H3,(H,22,26). The number of amides is 2. The summed E-state index contributed by atoms with van der Waals surface area (Å²) >= 11 is 4.89. The molecule has 2 amide bonds. The number of carbonyl (C=O) groups excluding carboxylic acids is 2. The van der Waals surface area contributed by atoms with E-state index in [0.29, 0.717) is 49.6 Å². The number of hydrogen-bond acceptors (Lipinski definition) is 7. The predicted molar refractivity (Wildman–Crippen MR) is 116 cm³/mol. The third-order valence-electron chi connectivity index (χ3n) is 5.04. The van der Waals surface area contributed by atoms with Crippen LogP contribution in [-0.2, 0) is 17.7 Å². The summed E-state index contributed by atoms with van der Waals surface area (Å²) in [4.78, 5) is 27.6. The highest BCUT2D eigenvalue weighted by Crippen LogP contribution is 2.43. The fourth-order valence-electron chi connectivity index (χ4n) is 3.72. The van der Waals surface area contributed by atoms with Crippen LogP contribution in [0.2, 0.25) is 0 Å². The number of phenolic OH excluding ortho intramolecular Hbond substituents is 1. The molecular weight excluding hydrogens is 474 g/mol. The molecule has 1 aromatic heterocycles. The monoisotopic (exact) mass is 495 g/mol. The van der Waals surface area contributed by atoms with E-state index >= 15 is 0 Å². The van der Waals surface area contributed by atoms with Gasteiger partial charge in [0.25, 0.3) is 5.91 Å². The van der Waals surface area contributed by atoms with Gasteiger partial charge in [-0.25, -0.2) is 4.79 Å². The van der Waals surface area contributed by atoms with E-state index in [1.807, 2.05) is 6.92 Å². The zero-order valence-corrected chi connectivity index (χ0v) is 19.0. The van der Waals surface area contributed by atoms with E-state index in [9.17, 15) is 14.7 Å². The molecule has 8 nitrogen and oxygen atoms in total. The Morgan fingerprint density at radius 2 is 2.13 bits per heavy atom. The summed E-state index contributed by atoms with van der Waals surface area (Å²) in [7, 11) is 0. The number of thiophene rings is 1. The molecule has 0 bridgehead atoms. The molecule has 1 atom stereocenters. The quantitative estimate of drug-likeness (QED) is 0.592. The number of hydrogen-bond donors (Lipinski definition) is 3. The van der Waals surface area contributed by atoms with Crippen molar-refractivity contribution in [1.29, 1.82) is 0 Å². The average Bonchev–Trinajstić information content (AvgIpc) is 3.08. The van der Waals surface area contributed by atoms with Gasteiger partial charge in [-0.2, -0.15) is 0 Å². The van der Waals surface area contributed by atoms with Gasteiger partial charge in [0.15, 0.2) is 11.5 Å². The fraction of sp³-hybridized carbons (Fsp3) is 0.400. The summed E-state index contributed by atoms with van der Waals surface area (Å²) in [5.74, 6) is 0.128. The van der Waals surface area contributed by atoms with E-state index in [4.69, 9.17) is 9.47 Å². The maximum atomic E-state index is 13.0. The molecule has 0 spiro atoms. The molecule has 30 heavy (non-hydrogen) atoms. The molecule has 0 saturated carbocycles. The number of rotatable bonds is 4. The second kappa shape index (κ2) is 8.35. The largest absolute Gasteiger partial charge is 0.504 e. The van der Waals surface area contributed by atoms with Gasteiger partial charge in [0.05, 0.1) is 25.3 Å². The molecule has 2 aromatic rings. The molecule has 0 aliphatic carbocycles. The normalized spacial score (nSPS) is 17.5. The van der Waals surface area contributed by atoms with Crippen LogP contribution in [0.5, 0.6) is 11.5 Å². The van der Waals surface area contributed by atoms with Crippen molar-refractivity contribution in [3.63, 3.8) is 0 Å². The second-order valence-electron chi connectivity index (χ2n) is 6.90. The van der Waals surface area contributed by atoms with Crippen LogP contribution in [0.3, 0.4) is 0 Å². The molecular formula is C20H22BrN3O5S. The summed E-state index contributed by atoms with van der Waals surface area (Å²) in [5.41, 5.74) is 2.09. The average molecular weight is 496 g/mol. The van der Waals surface area contributed by atoms with Crippen LogP contribution >= 0.6 is 27.3 Å². The predicted octanol–water partition coefficient (Wildman–Crippen LogP) is 3.98. The smallest absolute Gasteiger partial charge is 0.410 e. The van der Waals surface area contributed by atoms with Crippen molar-refractivity contribution in [1.82, 2.24) is 10.2 Å². The summed E-state index contributed by atoms with van der Waals surface area (Å²) in [6.45, 7) is 5.28. The zero-order valence-electron chi connectivity index (χ0n) is 16.6. The minimum absolute atomic E-state index is 0.0175. The Kier molecular flexibility index (Phi) is 5.79. The molecule has 3 N–H and O–H groups in total. The number of carbonyl (C=O) groups is 2. The second-order valence-corrected chi connectivity index (χ2v) is 8.92. The number of halogens is 1. The van der Waals surface area contributed by atoms with Crippen LogP contribution in [0.4, 0.5) is 9.80 Å². The van der Waals surface area contributed by atoms with Crippen molar-refractivity contribution in [2.24, 2.45) is 0 Å². The maximum Gasteiger partial charge on any atom is 0.410 e. The highest BCUT2D eigenvalue weighted by Gasteiger charge is 2.35. The SMILES string of the molecule is CCOC(=O)N1CCc2c(sc3c2C(=O)NC(c2cc(Br)cc(OCC)c2O)N3)C1. The summed E-state index contributed by atoms with van der Waals surface area (Å²) in [6, 6.07) is 3.43. The Bertz CT molecular complexity index is 1010. The van der Waals surface area contributed by atoms with Crippen molar-refractivity contribution in [2.45, 2.75) is 33.0 Å². The molecule has 160 valence electrons. The summed E-state index contributed by atoms with van der Waals surface area (Å²) in [6.07, 6.45) is -0.355. The van der Waals surface area contributed by atoms with Gasteiger partial charge in [0, 0.05) is 21.5 Å². The van der Waals surface area contributed by atoms with Crippen LogP contribution in [-0.4, -0.2) is 41.8 Å². The van der Waals surface area contributed by atoms with Crippen molar-refractivity contribution < 1.29 is 24.2 Å². The van der Waals surface area contributed by atoms with Crippen molar-refractivity contribution in [3.8, 4) is 11.5 Å². The van der Waals surface area contributed by atoms with Crippen LogP contribution in [0.15, 0.2) is 16.6 Å². The van der Waals surface area contributed by atoms with Gasteiger partial charge in [0.2, 0.25) is 0 Å². The zero-order chi connectivity index (χ0) is 21.4. The number of aromatic hydroxyl groups is 1. The molecule has 0 radical (unpaired) electrons. The Hall–Kier alpha value is -2.46. The minimum atomic E-state index is -0.608. The molecule has 0 saturated heterocycles. The fourth-order valence-corrected chi connectivity index (χ4v) is 5.47. The van der Waals surface area contributed by atoms with E-state index in [1.54, 1.807) is 24.0 Å². The Labute approximate surface area is 186 Å². The number of benzene rings is 1. The number of ether oxygens (including phenoxy) is 2. The molecule has 4 rings (SSSR count). The number of nitrogens with one attached hydrogen (secondary N) is 2. The van der Waals surface area contributed by atoms with Crippen LogP contribution in [0, 0.1) is 0 Å². The number of fused-ring (bicyclic) bond motifs is 3. The molecule has 10 heteroatoms. The molecule has 0 fully saturated rings. The van der Waals surface area contributed by atoms with Gasteiger partial charge in [-0.3, -0.25) is 4.79 Å². The highest BCUT2D eigenvalue weighted by molar-refractivity contribution is 9.10. The van der Waals surface area contributed by atoms with Gasteiger partial charge in [-0.1, -0.05) is 15.9 Å². The first-order valence-electron chi connectivity index (χ1n) is 9.71. The van der Waals surface area contributed by atoms with Crippen LogP contribution < -0.4 is 15.4 Å². The lowest BCUT2D eigenvalue weighted by Gasteiger charge is -2.28. The van der Waals surface area contributed by atoms with Crippen molar-refractivity contribution in [2.75, 3.05) is 25.1 Å². The number of phenols is 1. The molecule has 2 aliphatic heterocycles.